The largest absolute Gasteiger partial charge is 0.357 e. The molecule has 0 radical (unpaired) electrons. The van der Waals surface area contributed by atoms with Crippen molar-refractivity contribution < 1.29 is 0 Å². The maximum absolute atomic E-state index is 4.70. The number of rotatable bonds is 4. The second-order valence-electron chi connectivity index (χ2n) is 5.39. The fourth-order valence-electron chi connectivity index (χ4n) is 2.68. The van der Waals surface area contributed by atoms with Crippen LogP contribution in [0.5, 0.6) is 0 Å². The van der Waals surface area contributed by atoms with Gasteiger partial charge in [0.2, 0.25) is 0 Å². The Hall–Kier alpha value is -2.43. The van der Waals surface area contributed by atoms with E-state index in [1.165, 1.54) is 5.56 Å². The highest BCUT2D eigenvalue weighted by Gasteiger charge is 2.15. The van der Waals surface area contributed by atoms with Crippen LogP contribution in [0, 0.1) is 13.8 Å². The Bertz CT molecular complexity index is 802. The van der Waals surface area contributed by atoms with Gasteiger partial charge in [0.1, 0.15) is 5.82 Å². The standard InChI is InChI=1S/C17H21N5/c1-5-21(6-2)15-11-13(4)18-17-19-16(20-22(15)17)14-10-8-7-9-12(14)3/h7-11H,5-6H2,1-4H3. The predicted molar refractivity (Wildman–Crippen MR) is 89.3 cm³/mol. The average molecular weight is 295 g/mol. The Morgan fingerprint density at radius 2 is 1.77 bits per heavy atom. The molecule has 2 aromatic heterocycles. The lowest BCUT2D eigenvalue weighted by Gasteiger charge is -2.21. The second kappa shape index (κ2) is 5.75. The van der Waals surface area contributed by atoms with E-state index in [0.29, 0.717) is 5.78 Å². The van der Waals surface area contributed by atoms with E-state index in [1.54, 1.807) is 0 Å². The number of fused-ring (bicyclic) bond motifs is 1. The molecule has 0 fully saturated rings. The van der Waals surface area contributed by atoms with Gasteiger partial charge in [0.05, 0.1) is 0 Å². The molecule has 22 heavy (non-hydrogen) atoms. The fraction of sp³-hybridized carbons (Fsp3) is 0.353. The molecule has 2 heterocycles. The van der Waals surface area contributed by atoms with Crippen molar-refractivity contribution in [3.8, 4) is 11.4 Å². The van der Waals surface area contributed by atoms with Crippen LogP contribution < -0.4 is 4.90 Å². The van der Waals surface area contributed by atoms with E-state index < -0.39 is 0 Å². The van der Waals surface area contributed by atoms with Gasteiger partial charge in [-0.2, -0.15) is 9.50 Å². The molecule has 3 aromatic rings. The molecule has 0 aliphatic rings. The highest BCUT2D eigenvalue weighted by molar-refractivity contribution is 5.62. The smallest absolute Gasteiger partial charge is 0.254 e. The summed E-state index contributed by atoms with van der Waals surface area (Å²) in [4.78, 5) is 11.4. The summed E-state index contributed by atoms with van der Waals surface area (Å²) in [6, 6.07) is 10.2. The molecule has 5 nitrogen and oxygen atoms in total. The normalized spacial score (nSPS) is 11.1. The van der Waals surface area contributed by atoms with Gasteiger partial charge in [0.15, 0.2) is 5.82 Å². The van der Waals surface area contributed by atoms with Crippen LogP contribution in [0.1, 0.15) is 25.1 Å². The van der Waals surface area contributed by atoms with E-state index in [1.807, 2.05) is 29.6 Å². The van der Waals surface area contributed by atoms with Crippen molar-refractivity contribution in [1.29, 1.82) is 0 Å². The molecule has 3 rings (SSSR count). The maximum Gasteiger partial charge on any atom is 0.254 e. The minimum Gasteiger partial charge on any atom is -0.357 e. The fourth-order valence-corrected chi connectivity index (χ4v) is 2.68. The molecule has 0 saturated carbocycles. The summed E-state index contributed by atoms with van der Waals surface area (Å²) < 4.78 is 1.85. The van der Waals surface area contributed by atoms with Crippen molar-refractivity contribution in [3.63, 3.8) is 0 Å². The zero-order valence-corrected chi connectivity index (χ0v) is 13.5. The number of aromatic nitrogens is 4. The quantitative estimate of drug-likeness (QED) is 0.741. The Labute approximate surface area is 130 Å². The van der Waals surface area contributed by atoms with Crippen molar-refractivity contribution in [2.75, 3.05) is 18.0 Å². The van der Waals surface area contributed by atoms with Crippen LogP contribution in [0.4, 0.5) is 5.82 Å². The van der Waals surface area contributed by atoms with E-state index in [0.717, 1.165) is 36.0 Å². The monoisotopic (exact) mass is 295 g/mol. The van der Waals surface area contributed by atoms with Gasteiger partial charge in [0.25, 0.3) is 5.78 Å². The summed E-state index contributed by atoms with van der Waals surface area (Å²) in [5, 5.41) is 4.70. The van der Waals surface area contributed by atoms with Crippen LogP contribution in [-0.2, 0) is 0 Å². The molecule has 114 valence electrons. The van der Waals surface area contributed by atoms with Gasteiger partial charge < -0.3 is 4.90 Å². The van der Waals surface area contributed by atoms with Crippen molar-refractivity contribution in [1.82, 2.24) is 19.6 Å². The van der Waals surface area contributed by atoms with Crippen LogP contribution >= 0.6 is 0 Å². The summed E-state index contributed by atoms with van der Waals surface area (Å²) in [7, 11) is 0. The number of anilines is 1. The molecule has 0 amide bonds. The molecule has 0 unspecified atom stereocenters. The van der Waals surface area contributed by atoms with E-state index in [-0.39, 0.29) is 0 Å². The van der Waals surface area contributed by atoms with Gasteiger partial charge in [-0.25, -0.2) is 4.98 Å². The predicted octanol–water partition coefficient (Wildman–Crippen LogP) is 3.25. The first kappa shape index (κ1) is 14.5. The van der Waals surface area contributed by atoms with Crippen molar-refractivity contribution in [2.24, 2.45) is 0 Å². The summed E-state index contributed by atoms with van der Waals surface area (Å²) >= 11 is 0. The Balaban J connectivity index is 2.21. The molecular weight excluding hydrogens is 274 g/mol. The minimum atomic E-state index is 0.653. The van der Waals surface area contributed by atoms with E-state index in [2.05, 4.69) is 47.8 Å². The molecule has 0 aliphatic carbocycles. The molecule has 0 spiro atoms. The van der Waals surface area contributed by atoms with Gasteiger partial charge in [-0.15, -0.1) is 5.10 Å². The summed E-state index contributed by atoms with van der Waals surface area (Å²) in [6.45, 7) is 10.2. The number of hydrogen-bond acceptors (Lipinski definition) is 4. The molecule has 1 aromatic carbocycles. The molecule has 0 bridgehead atoms. The zero-order chi connectivity index (χ0) is 15.7. The van der Waals surface area contributed by atoms with Crippen LogP contribution in [0.2, 0.25) is 0 Å². The Kier molecular flexibility index (Phi) is 3.79. The number of nitrogens with zero attached hydrogens (tertiary/aromatic N) is 5. The third-order valence-electron chi connectivity index (χ3n) is 3.89. The molecule has 0 N–H and O–H groups in total. The first-order chi connectivity index (χ1) is 10.6. The Morgan fingerprint density at radius 3 is 2.45 bits per heavy atom. The van der Waals surface area contributed by atoms with Gasteiger partial charge >= 0.3 is 0 Å². The van der Waals surface area contributed by atoms with E-state index in [4.69, 9.17) is 5.10 Å². The third-order valence-corrected chi connectivity index (χ3v) is 3.89. The number of benzene rings is 1. The van der Waals surface area contributed by atoms with Crippen molar-refractivity contribution >= 4 is 11.6 Å². The van der Waals surface area contributed by atoms with Crippen molar-refractivity contribution in [3.05, 3.63) is 41.6 Å². The lowest BCUT2D eigenvalue weighted by Crippen LogP contribution is -2.25. The maximum atomic E-state index is 4.70. The first-order valence-corrected chi connectivity index (χ1v) is 7.69. The van der Waals surface area contributed by atoms with Gasteiger partial charge in [-0.1, -0.05) is 24.3 Å². The minimum absolute atomic E-state index is 0.653. The lowest BCUT2D eigenvalue weighted by atomic mass is 10.1. The van der Waals surface area contributed by atoms with E-state index >= 15 is 0 Å². The van der Waals surface area contributed by atoms with Crippen LogP contribution in [-0.4, -0.2) is 32.7 Å². The first-order valence-electron chi connectivity index (χ1n) is 7.69. The molecule has 0 atom stereocenters. The summed E-state index contributed by atoms with van der Waals surface area (Å²) in [6.07, 6.45) is 0. The van der Waals surface area contributed by atoms with Gasteiger partial charge in [0, 0.05) is 30.4 Å². The summed E-state index contributed by atoms with van der Waals surface area (Å²) in [5.41, 5.74) is 3.17. The topological polar surface area (TPSA) is 46.3 Å². The van der Waals surface area contributed by atoms with Crippen LogP contribution in [0.25, 0.3) is 17.2 Å². The molecular formula is C17H21N5. The third kappa shape index (κ3) is 2.43. The van der Waals surface area contributed by atoms with Crippen LogP contribution in [0.15, 0.2) is 30.3 Å². The SMILES string of the molecule is CCN(CC)c1cc(C)nc2nc(-c3ccccc3C)nn12. The van der Waals surface area contributed by atoms with E-state index in [9.17, 15) is 0 Å². The Morgan fingerprint density at radius 1 is 1.05 bits per heavy atom. The average Bonchev–Trinajstić information content (AvgIpc) is 2.92. The molecule has 0 saturated heterocycles. The van der Waals surface area contributed by atoms with Gasteiger partial charge in [-0.3, -0.25) is 0 Å². The lowest BCUT2D eigenvalue weighted by molar-refractivity contribution is 0.797. The van der Waals surface area contributed by atoms with Gasteiger partial charge in [-0.05, 0) is 33.3 Å². The highest BCUT2D eigenvalue weighted by Crippen LogP contribution is 2.23. The second-order valence-corrected chi connectivity index (χ2v) is 5.39. The highest BCUT2D eigenvalue weighted by atomic mass is 15.4. The summed E-state index contributed by atoms with van der Waals surface area (Å²) in [5.74, 6) is 2.42. The number of aryl methyl sites for hydroxylation is 2. The number of hydrogen-bond donors (Lipinski definition) is 0. The van der Waals surface area contributed by atoms with Crippen LogP contribution in [0.3, 0.4) is 0 Å². The molecule has 0 aliphatic heterocycles. The van der Waals surface area contributed by atoms with Crippen molar-refractivity contribution in [2.45, 2.75) is 27.7 Å². The zero-order valence-electron chi connectivity index (χ0n) is 13.5. The molecule has 5 heteroatoms.